The fourth-order valence-corrected chi connectivity index (χ4v) is 9.12. The van der Waals surface area contributed by atoms with Gasteiger partial charge in [0.05, 0.1) is 17.3 Å². The van der Waals surface area contributed by atoms with Crippen molar-refractivity contribution in [3.05, 3.63) is 64.2 Å². The number of anilines is 1. The largest absolute Gasteiger partial charge is 0.396 e. The first-order valence-corrected chi connectivity index (χ1v) is 15.8. The van der Waals surface area contributed by atoms with Gasteiger partial charge in [-0.1, -0.05) is 44.0 Å². The first kappa shape index (κ1) is 27.9. The number of terminal acetylenes is 1. The summed E-state index contributed by atoms with van der Waals surface area (Å²) in [6.07, 6.45) is 18.8. The number of nitrogens with zero attached hydrogens (tertiary/aromatic N) is 2. The van der Waals surface area contributed by atoms with Gasteiger partial charge in [-0.05, 0) is 122 Å². The molecule has 0 unspecified atom stereocenters. The third-order valence-corrected chi connectivity index (χ3v) is 10.4. The molecule has 4 fully saturated rings. The molecule has 5 aliphatic rings. The summed E-state index contributed by atoms with van der Waals surface area (Å²) in [6.45, 7) is 2.34. The molecule has 5 nitrogen and oxygen atoms in total. The van der Waals surface area contributed by atoms with E-state index >= 15 is 0 Å². The summed E-state index contributed by atoms with van der Waals surface area (Å²) in [4.78, 5) is 15.3. The van der Waals surface area contributed by atoms with Crippen LogP contribution in [0, 0.1) is 41.4 Å². The average molecular weight is 550 g/mol. The number of carbonyl (C=O) groups excluding carboxylic acids is 1. The zero-order valence-electron chi connectivity index (χ0n) is 24.4. The lowest BCUT2D eigenvalue weighted by Crippen LogP contribution is -2.54. The highest BCUT2D eigenvalue weighted by Gasteiger charge is 2.51. The predicted molar refractivity (Wildman–Crippen MR) is 162 cm³/mol. The summed E-state index contributed by atoms with van der Waals surface area (Å²) < 4.78 is 0. The zero-order chi connectivity index (χ0) is 28.6. The van der Waals surface area contributed by atoms with Gasteiger partial charge >= 0.3 is 0 Å². The van der Waals surface area contributed by atoms with Gasteiger partial charge in [0.1, 0.15) is 6.07 Å². The second-order valence-electron chi connectivity index (χ2n) is 13.4. The van der Waals surface area contributed by atoms with Crippen molar-refractivity contribution in [1.29, 1.82) is 5.26 Å². The van der Waals surface area contributed by atoms with Gasteiger partial charge in [-0.25, -0.2) is 0 Å². The van der Waals surface area contributed by atoms with Crippen LogP contribution in [0.3, 0.4) is 0 Å². The van der Waals surface area contributed by atoms with E-state index in [0.29, 0.717) is 5.56 Å². The van der Waals surface area contributed by atoms with Crippen molar-refractivity contribution < 1.29 is 9.90 Å². The summed E-state index contributed by atoms with van der Waals surface area (Å²) in [5, 5.41) is 23.6. The van der Waals surface area contributed by atoms with Crippen LogP contribution >= 0.6 is 0 Å². The van der Waals surface area contributed by atoms with Crippen molar-refractivity contribution in [2.45, 2.75) is 102 Å². The van der Waals surface area contributed by atoms with E-state index in [1.165, 1.54) is 49.7 Å². The van der Waals surface area contributed by atoms with E-state index in [1.807, 2.05) is 11.0 Å². The lowest BCUT2D eigenvalue weighted by atomic mass is 9.53. The van der Waals surface area contributed by atoms with Crippen LogP contribution in [0.25, 0.3) is 0 Å². The molecule has 4 aliphatic carbocycles. The molecule has 0 radical (unpaired) electrons. The number of amides is 1. The maximum Gasteiger partial charge on any atom is 0.299 e. The highest BCUT2D eigenvalue weighted by atomic mass is 16.2. The molecule has 5 heteroatoms. The number of hydrogen-bond donors (Lipinski definition) is 2. The minimum Gasteiger partial charge on any atom is -0.396 e. The quantitative estimate of drug-likeness (QED) is 0.349. The number of nitrogens with one attached hydrogen (secondary N) is 1. The maximum atomic E-state index is 13.4. The SMILES string of the molecule is C#CC(=O)N1[C@@H](CCCC)Cc2cc(CCCO)ccc2[C@H]1c1ccc(NC23CC4CC(CC(C4)C2)C3)c(C#N)c1. The number of hydrogen-bond acceptors (Lipinski definition) is 4. The van der Waals surface area contributed by atoms with Crippen LogP contribution in [0.15, 0.2) is 36.4 Å². The van der Waals surface area contributed by atoms with E-state index in [-0.39, 0.29) is 30.1 Å². The lowest BCUT2D eigenvalue weighted by Gasteiger charge is -2.57. The molecular weight excluding hydrogens is 506 g/mol. The van der Waals surface area contributed by atoms with Crippen LogP contribution in [0.4, 0.5) is 5.69 Å². The number of aliphatic hydroxyl groups is 1. The molecule has 4 saturated carbocycles. The molecule has 0 spiro atoms. The molecule has 214 valence electrons. The summed E-state index contributed by atoms with van der Waals surface area (Å²) in [6, 6.07) is 14.8. The van der Waals surface area contributed by atoms with E-state index in [1.54, 1.807) is 0 Å². The molecule has 7 rings (SSSR count). The molecule has 4 bridgehead atoms. The smallest absolute Gasteiger partial charge is 0.299 e. The fraction of sp³-hybridized carbons (Fsp3) is 0.556. The van der Waals surface area contributed by atoms with Crippen molar-refractivity contribution in [2.24, 2.45) is 17.8 Å². The van der Waals surface area contributed by atoms with E-state index < -0.39 is 0 Å². The Morgan fingerprint density at radius 1 is 1.10 bits per heavy atom. The molecule has 1 amide bonds. The van der Waals surface area contributed by atoms with Crippen molar-refractivity contribution in [2.75, 3.05) is 11.9 Å². The summed E-state index contributed by atoms with van der Waals surface area (Å²) in [7, 11) is 0. The Balaban J connectivity index is 1.37. The van der Waals surface area contributed by atoms with Crippen molar-refractivity contribution in [3.8, 4) is 18.4 Å². The normalized spacial score (nSPS) is 29.5. The van der Waals surface area contributed by atoms with Crippen molar-refractivity contribution in [1.82, 2.24) is 4.90 Å². The second-order valence-corrected chi connectivity index (χ2v) is 13.4. The van der Waals surface area contributed by atoms with Crippen LogP contribution in [-0.4, -0.2) is 34.1 Å². The molecule has 2 aromatic rings. The molecule has 41 heavy (non-hydrogen) atoms. The monoisotopic (exact) mass is 549 g/mol. The fourth-order valence-electron chi connectivity index (χ4n) is 9.12. The molecule has 1 aliphatic heterocycles. The second kappa shape index (κ2) is 11.5. The van der Waals surface area contributed by atoms with E-state index in [4.69, 9.17) is 6.42 Å². The van der Waals surface area contributed by atoms with E-state index in [9.17, 15) is 15.2 Å². The first-order chi connectivity index (χ1) is 20.0. The molecule has 2 N–H and O–H groups in total. The van der Waals surface area contributed by atoms with Gasteiger partial charge in [-0.15, -0.1) is 6.42 Å². The number of aliphatic hydroxyl groups excluding tert-OH is 1. The standard InChI is InChI=1S/C36H43N3O2/c1-3-5-8-31-19-29-17-24(7-6-13-40)9-11-32(29)35(39(31)34(41)4-2)28-10-12-33(30(18-28)23-37)38-36-20-25-14-26(21-36)16-27(15-25)22-36/h2,9-12,17-18,25-27,31,35,38,40H,3,5-8,13-16,19-22H2,1H3/t25?,26?,27?,31-,35+,36?/m0/s1. The maximum absolute atomic E-state index is 13.4. The topological polar surface area (TPSA) is 76.4 Å². The minimum absolute atomic E-state index is 0.000505. The number of aryl methyl sites for hydroxylation is 1. The number of nitriles is 1. The third kappa shape index (κ3) is 5.38. The zero-order valence-corrected chi connectivity index (χ0v) is 24.4. The molecule has 1 heterocycles. The average Bonchev–Trinajstić information content (AvgIpc) is 2.97. The van der Waals surface area contributed by atoms with Crippen molar-refractivity contribution in [3.63, 3.8) is 0 Å². The Labute approximate surface area is 245 Å². The van der Waals surface area contributed by atoms with Gasteiger partial charge in [0.2, 0.25) is 0 Å². The van der Waals surface area contributed by atoms with E-state index in [0.717, 1.165) is 73.1 Å². The Morgan fingerprint density at radius 2 is 1.83 bits per heavy atom. The van der Waals surface area contributed by atoms with Crippen LogP contribution in [0.2, 0.25) is 0 Å². The van der Waals surface area contributed by atoms with Gasteiger partial charge in [0.15, 0.2) is 0 Å². The number of rotatable bonds is 9. The van der Waals surface area contributed by atoms with Gasteiger partial charge in [-0.2, -0.15) is 5.26 Å². The first-order valence-electron chi connectivity index (χ1n) is 15.8. The highest BCUT2D eigenvalue weighted by Crippen LogP contribution is 2.56. The predicted octanol–water partition coefficient (Wildman–Crippen LogP) is 6.53. The Morgan fingerprint density at radius 3 is 2.46 bits per heavy atom. The highest BCUT2D eigenvalue weighted by molar-refractivity contribution is 5.94. The van der Waals surface area contributed by atoms with Gasteiger partial charge < -0.3 is 15.3 Å². The van der Waals surface area contributed by atoms with Crippen LogP contribution in [0.5, 0.6) is 0 Å². The summed E-state index contributed by atoms with van der Waals surface area (Å²) in [5.74, 6) is 4.59. The number of fused-ring (bicyclic) bond motifs is 1. The Kier molecular flexibility index (Phi) is 7.84. The van der Waals surface area contributed by atoms with Gasteiger partial charge in [-0.3, -0.25) is 4.79 Å². The van der Waals surface area contributed by atoms with Crippen molar-refractivity contribution >= 4 is 11.6 Å². The molecule has 2 aromatic carbocycles. The molecule has 2 atom stereocenters. The van der Waals surface area contributed by atoms with E-state index in [2.05, 4.69) is 54.6 Å². The van der Waals surface area contributed by atoms with Gasteiger partial charge in [0, 0.05) is 18.2 Å². The summed E-state index contributed by atoms with van der Waals surface area (Å²) in [5.41, 5.74) is 6.14. The lowest BCUT2D eigenvalue weighted by molar-refractivity contribution is -0.130. The van der Waals surface area contributed by atoms with Crippen LogP contribution in [-0.2, 0) is 17.6 Å². The van der Waals surface area contributed by atoms with Crippen LogP contribution < -0.4 is 5.32 Å². The third-order valence-electron chi connectivity index (χ3n) is 10.4. The van der Waals surface area contributed by atoms with Gasteiger partial charge in [0.25, 0.3) is 5.91 Å². The van der Waals surface area contributed by atoms with Crippen LogP contribution in [0.1, 0.15) is 105 Å². The minimum atomic E-state index is -0.336. The Hall–Kier alpha value is -3.28. The number of benzene rings is 2. The number of unbranched alkanes of at least 4 members (excludes halogenated alkanes) is 1. The molecule has 0 saturated heterocycles. The number of carbonyl (C=O) groups is 1. The molecule has 0 aromatic heterocycles. The Bertz CT molecular complexity index is 1350. The molecular formula is C36H43N3O2. The summed E-state index contributed by atoms with van der Waals surface area (Å²) >= 11 is 0.